The first kappa shape index (κ1) is 23.8. The molecule has 0 aliphatic carbocycles. The maximum absolute atomic E-state index is 14.1. The van der Waals surface area contributed by atoms with Gasteiger partial charge in [-0.15, -0.1) is 0 Å². The summed E-state index contributed by atoms with van der Waals surface area (Å²) in [6.07, 6.45) is 1.54. The number of hydrogen-bond acceptors (Lipinski definition) is 6. The van der Waals surface area contributed by atoms with Gasteiger partial charge in [-0.05, 0) is 41.1 Å². The molecule has 1 aliphatic heterocycles. The number of rotatable bonds is 7. The molecular weight excluding hydrogens is 479 g/mol. The van der Waals surface area contributed by atoms with Crippen LogP contribution in [0.15, 0.2) is 82.9 Å². The summed E-state index contributed by atoms with van der Waals surface area (Å²) in [5, 5.41) is 4.27. The Morgan fingerprint density at radius 2 is 1.81 bits per heavy atom. The van der Waals surface area contributed by atoms with E-state index in [2.05, 4.69) is 10.1 Å². The number of nitrogens with zero attached hydrogens (tertiary/aromatic N) is 1. The van der Waals surface area contributed by atoms with Crippen LogP contribution >= 0.6 is 0 Å². The van der Waals surface area contributed by atoms with Crippen LogP contribution in [0.5, 0.6) is 5.75 Å². The van der Waals surface area contributed by atoms with Gasteiger partial charge in [0, 0.05) is 11.1 Å². The molecule has 3 amide bonds. The number of amides is 3. The fraction of sp³-hybridized carbons (Fsp3) is 0.107. The topological polar surface area (TPSA) is 98.1 Å². The molecule has 4 aromatic rings. The SMILES string of the molecule is COC(=O)c1ccc(CN2C(=O)N/C(=C\c3c(OCc4ccccc4F)ccc4ccccc34)C2=O)o1. The molecule has 1 N–H and O–H groups in total. The Morgan fingerprint density at radius 1 is 1.03 bits per heavy atom. The molecule has 1 aliphatic rings. The summed E-state index contributed by atoms with van der Waals surface area (Å²) in [7, 11) is 1.22. The van der Waals surface area contributed by atoms with Gasteiger partial charge in [0.25, 0.3) is 5.91 Å². The number of nitrogens with one attached hydrogen (secondary N) is 1. The Hall–Kier alpha value is -4.92. The highest BCUT2D eigenvalue weighted by molar-refractivity contribution is 6.14. The molecule has 0 saturated carbocycles. The maximum Gasteiger partial charge on any atom is 0.373 e. The first-order chi connectivity index (χ1) is 17.9. The molecule has 2 heterocycles. The number of ether oxygens (including phenoxy) is 2. The third-order valence-corrected chi connectivity index (χ3v) is 5.88. The van der Waals surface area contributed by atoms with E-state index in [1.165, 1.54) is 25.3 Å². The van der Waals surface area contributed by atoms with Gasteiger partial charge in [-0.2, -0.15) is 0 Å². The molecule has 1 fully saturated rings. The summed E-state index contributed by atoms with van der Waals surface area (Å²) in [6.45, 7) is -0.195. The summed E-state index contributed by atoms with van der Waals surface area (Å²) in [4.78, 5) is 38.4. The third kappa shape index (κ3) is 4.79. The van der Waals surface area contributed by atoms with Gasteiger partial charge in [0.1, 0.15) is 29.6 Å². The van der Waals surface area contributed by atoms with Crippen molar-refractivity contribution in [3.63, 3.8) is 0 Å². The van der Waals surface area contributed by atoms with E-state index >= 15 is 0 Å². The predicted molar refractivity (Wildman–Crippen MR) is 132 cm³/mol. The zero-order chi connectivity index (χ0) is 25.9. The van der Waals surface area contributed by atoms with Crippen molar-refractivity contribution in [2.24, 2.45) is 0 Å². The van der Waals surface area contributed by atoms with Crippen molar-refractivity contribution in [3.05, 3.63) is 107 Å². The monoisotopic (exact) mass is 500 g/mol. The van der Waals surface area contributed by atoms with Crippen molar-refractivity contribution in [2.75, 3.05) is 7.11 Å². The number of fused-ring (bicyclic) bond motifs is 1. The summed E-state index contributed by atoms with van der Waals surface area (Å²) in [6, 6.07) is 19.7. The van der Waals surface area contributed by atoms with E-state index in [1.54, 1.807) is 30.3 Å². The van der Waals surface area contributed by atoms with E-state index in [1.807, 2.05) is 30.3 Å². The fourth-order valence-electron chi connectivity index (χ4n) is 4.01. The Balaban J connectivity index is 1.45. The molecule has 1 saturated heterocycles. The average Bonchev–Trinajstić information content (AvgIpc) is 3.49. The smallest absolute Gasteiger partial charge is 0.373 e. The second-order valence-electron chi connectivity index (χ2n) is 8.22. The molecule has 1 aromatic heterocycles. The molecule has 0 radical (unpaired) electrons. The lowest BCUT2D eigenvalue weighted by atomic mass is 10.0. The number of furan rings is 1. The number of carbonyl (C=O) groups is 3. The summed E-state index contributed by atoms with van der Waals surface area (Å²) in [5.74, 6) is -0.997. The van der Waals surface area contributed by atoms with Gasteiger partial charge >= 0.3 is 12.0 Å². The van der Waals surface area contributed by atoms with Crippen LogP contribution in [0.25, 0.3) is 16.8 Å². The number of carbonyl (C=O) groups excluding carboxylic acids is 3. The second kappa shape index (κ2) is 9.98. The maximum atomic E-state index is 14.1. The molecule has 0 spiro atoms. The Labute approximate surface area is 210 Å². The standard InChI is InChI=1S/C28H21FN2O6/c1-35-27(33)25-13-11-19(37-25)15-31-26(32)23(30-28(31)34)14-21-20-8-4-2-6-17(20)10-12-24(21)36-16-18-7-3-5-9-22(18)29/h2-14H,15-16H2,1H3,(H,30,34)/b23-14-. The van der Waals surface area contributed by atoms with E-state index in [9.17, 15) is 18.8 Å². The van der Waals surface area contributed by atoms with Crippen molar-refractivity contribution in [1.82, 2.24) is 10.2 Å². The van der Waals surface area contributed by atoms with Gasteiger partial charge in [-0.3, -0.25) is 9.69 Å². The van der Waals surface area contributed by atoms with Crippen LogP contribution in [-0.4, -0.2) is 29.9 Å². The highest BCUT2D eigenvalue weighted by Crippen LogP contribution is 2.32. The van der Waals surface area contributed by atoms with Crippen LogP contribution in [0.4, 0.5) is 9.18 Å². The van der Waals surface area contributed by atoms with Gasteiger partial charge in [-0.1, -0.05) is 48.5 Å². The third-order valence-electron chi connectivity index (χ3n) is 5.88. The van der Waals surface area contributed by atoms with Crippen LogP contribution in [0, 0.1) is 5.82 Å². The minimum Gasteiger partial charge on any atom is -0.488 e. The number of benzene rings is 3. The highest BCUT2D eigenvalue weighted by atomic mass is 19.1. The fourth-order valence-corrected chi connectivity index (χ4v) is 4.01. The molecule has 0 bridgehead atoms. The highest BCUT2D eigenvalue weighted by Gasteiger charge is 2.34. The molecule has 9 heteroatoms. The number of imide groups is 1. The average molecular weight is 500 g/mol. The van der Waals surface area contributed by atoms with E-state index in [4.69, 9.17) is 9.15 Å². The van der Waals surface area contributed by atoms with Gasteiger partial charge < -0.3 is 19.2 Å². The van der Waals surface area contributed by atoms with Crippen molar-refractivity contribution < 1.29 is 32.7 Å². The molecule has 8 nitrogen and oxygen atoms in total. The van der Waals surface area contributed by atoms with Gasteiger partial charge in [0.15, 0.2) is 0 Å². The minimum absolute atomic E-state index is 0.0192. The van der Waals surface area contributed by atoms with E-state index in [0.717, 1.165) is 15.7 Å². The van der Waals surface area contributed by atoms with Crippen LogP contribution in [0.2, 0.25) is 0 Å². The number of halogens is 1. The van der Waals surface area contributed by atoms with Gasteiger partial charge in [0.05, 0.1) is 13.7 Å². The number of hydrogen-bond donors (Lipinski definition) is 1. The van der Waals surface area contributed by atoms with Gasteiger partial charge in [0.2, 0.25) is 5.76 Å². The quantitative estimate of drug-likeness (QED) is 0.217. The first-order valence-corrected chi connectivity index (χ1v) is 11.3. The van der Waals surface area contributed by atoms with E-state index in [0.29, 0.717) is 16.9 Å². The Bertz CT molecular complexity index is 1560. The zero-order valence-corrected chi connectivity index (χ0v) is 19.7. The van der Waals surface area contributed by atoms with Gasteiger partial charge in [-0.25, -0.2) is 14.0 Å². The predicted octanol–water partition coefficient (Wildman–Crippen LogP) is 5.03. The van der Waals surface area contributed by atoms with Crippen LogP contribution in [0.1, 0.15) is 27.4 Å². The number of urea groups is 1. The zero-order valence-electron chi connectivity index (χ0n) is 19.7. The second-order valence-corrected chi connectivity index (χ2v) is 8.22. The van der Waals surface area contributed by atoms with Crippen LogP contribution < -0.4 is 10.1 Å². The van der Waals surface area contributed by atoms with E-state index < -0.39 is 17.9 Å². The van der Waals surface area contributed by atoms with E-state index in [-0.39, 0.29) is 36.2 Å². The Kier molecular flexibility index (Phi) is 6.42. The van der Waals surface area contributed by atoms with Crippen LogP contribution in [0.3, 0.4) is 0 Å². The Morgan fingerprint density at radius 3 is 2.62 bits per heavy atom. The molecular formula is C28H21FN2O6. The summed E-state index contributed by atoms with van der Waals surface area (Å²) in [5.41, 5.74) is 0.984. The number of methoxy groups -OCH3 is 1. The molecule has 0 unspecified atom stereocenters. The van der Waals surface area contributed by atoms with Crippen molar-refractivity contribution in [2.45, 2.75) is 13.2 Å². The molecule has 3 aromatic carbocycles. The molecule has 5 rings (SSSR count). The normalized spacial score (nSPS) is 14.3. The first-order valence-electron chi connectivity index (χ1n) is 11.3. The minimum atomic E-state index is -0.664. The largest absolute Gasteiger partial charge is 0.488 e. The number of esters is 1. The molecule has 37 heavy (non-hydrogen) atoms. The van der Waals surface area contributed by atoms with Crippen molar-refractivity contribution in [3.8, 4) is 5.75 Å². The van der Waals surface area contributed by atoms with Crippen LogP contribution in [-0.2, 0) is 22.7 Å². The van der Waals surface area contributed by atoms with Crippen molar-refractivity contribution >= 4 is 34.8 Å². The summed E-state index contributed by atoms with van der Waals surface area (Å²) < 4.78 is 30.1. The molecule has 0 atom stereocenters. The molecule has 186 valence electrons. The lowest BCUT2D eigenvalue weighted by Crippen LogP contribution is -2.30. The lowest BCUT2D eigenvalue weighted by Gasteiger charge is -2.13. The van der Waals surface area contributed by atoms with Crippen molar-refractivity contribution in [1.29, 1.82) is 0 Å². The summed E-state index contributed by atoms with van der Waals surface area (Å²) >= 11 is 0. The lowest BCUT2D eigenvalue weighted by molar-refractivity contribution is -0.123.